The van der Waals surface area contributed by atoms with Gasteiger partial charge in [-0.25, -0.2) is 14.0 Å². The third-order valence-corrected chi connectivity index (χ3v) is 3.63. The summed E-state index contributed by atoms with van der Waals surface area (Å²) in [6, 6.07) is 15.9. The van der Waals surface area contributed by atoms with Crippen molar-refractivity contribution < 1.29 is 28.2 Å². The Morgan fingerprint density at radius 3 is 2.38 bits per heavy atom. The Bertz CT molecular complexity index is 967. The Hall–Kier alpha value is -3.41. The molecule has 5 nitrogen and oxygen atoms in total. The molecule has 6 heteroatoms. The number of hydrogen-bond donors (Lipinski definition) is 0. The van der Waals surface area contributed by atoms with E-state index in [9.17, 15) is 14.0 Å². The van der Waals surface area contributed by atoms with Crippen molar-refractivity contribution in [3.05, 3.63) is 72.0 Å². The highest BCUT2D eigenvalue weighted by molar-refractivity contribution is 5.99. The summed E-state index contributed by atoms with van der Waals surface area (Å²) >= 11 is 0. The first-order valence-electron chi connectivity index (χ1n) is 7.77. The minimum atomic E-state index is -0.727. The van der Waals surface area contributed by atoms with Gasteiger partial charge in [0.1, 0.15) is 22.9 Å². The van der Waals surface area contributed by atoms with E-state index in [1.165, 1.54) is 25.3 Å². The lowest BCUT2D eigenvalue weighted by molar-refractivity contribution is -0.136. The van der Waals surface area contributed by atoms with Crippen LogP contribution in [0.3, 0.4) is 0 Å². The molecule has 0 bridgehead atoms. The van der Waals surface area contributed by atoms with Gasteiger partial charge in [0, 0.05) is 6.07 Å². The average molecular weight is 354 g/mol. The van der Waals surface area contributed by atoms with Crippen LogP contribution in [0.1, 0.15) is 10.4 Å². The number of fused-ring (bicyclic) bond motifs is 1. The molecular weight excluding hydrogens is 339 g/mol. The van der Waals surface area contributed by atoms with Crippen molar-refractivity contribution in [3.8, 4) is 11.5 Å². The number of methoxy groups -OCH3 is 1. The quantitative estimate of drug-likeness (QED) is 0.516. The number of hydrogen-bond acceptors (Lipinski definition) is 5. The summed E-state index contributed by atoms with van der Waals surface area (Å²) in [4.78, 5) is 24.1. The Labute approximate surface area is 148 Å². The van der Waals surface area contributed by atoms with Crippen LogP contribution in [0.2, 0.25) is 0 Å². The van der Waals surface area contributed by atoms with Crippen LogP contribution >= 0.6 is 0 Å². The molecule has 3 aromatic rings. The molecule has 0 saturated carbocycles. The summed E-state index contributed by atoms with van der Waals surface area (Å²) < 4.78 is 28.3. The molecule has 0 amide bonds. The first kappa shape index (κ1) is 17.4. The number of rotatable bonds is 5. The molecule has 26 heavy (non-hydrogen) atoms. The van der Waals surface area contributed by atoms with E-state index in [-0.39, 0.29) is 17.1 Å². The predicted octanol–water partition coefficient (Wildman–Crippen LogP) is 3.75. The predicted molar refractivity (Wildman–Crippen MR) is 92.8 cm³/mol. The van der Waals surface area contributed by atoms with Crippen molar-refractivity contribution in [1.82, 2.24) is 0 Å². The molecule has 0 aliphatic rings. The van der Waals surface area contributed by atoms with E-state index in [1.807, 2.05) is 24.3 Å². The van der Waals surface area contributed by atoms with Gasteiger partial charge in [-0.05, 0) is 35.0 Å². The molecule has 0 radical (unpaired) electrons. The maximum atomic E-state index is 13.1. The topological polar surface area (TPSA) is 61.8 Å². The molecule has 0 saturated heterocycles. The molecule has 0 N–H and O–H groups in total. The van der Waals surface area contributed by atoms with Crippen LogP contribution in [-0.4, -0.2) is 25.7 Å². The zero-order valence-electron chi connectivity index (χ0n) is 13.9. The summed E-state index contributed by atoms with van der Waals surface area (Å²) in [5.74, 6) is -1.55. The van der Waals surface area contributed by atoms with Gasteiger partial charge in [0.2, 0.25) is 0 Å². The number of benzene rings is 3. The van der Waals surface area contributed by atoms with Crippen LogP contribution in [0, 0.1) is 5.82 Å². The fraction of sp³-hybridized carbons (Fsp3) is 0.100. The Kier molecular flexibility index (Phi) is 5.12. The minimum Gasteiger partial charge on any atom is -0.482 e. The number of ether oxygens (including phenoxy) is 3. The lowest BCUT2D eigenvalue weighted by atomic mass is 10.1. The van der Waals surface area contributed by atoms with Crippen LogP contribution in [0.4, 0.5) is 4.39 Å². The van der Waals surface area contributed by atoms with Crippen molar-refractivity contribution in [2.75, 3.05) is 13.7 Å². The van der Waals surface area contributed by atoms with Gasteiger partial charge in [0.25, 0.3) is 0 Å². The summed E-state index contributed by atoms with van der Waals surface area (Å²) in [6.45, 7) is -0.434. The van der Waals surface area contributed by atoms with Gasteiger partial charge in [0.05, 0.1) is 7.11 Å². The molecule has 0 aliphatic heterocycles. The molecule has 0 atom stereocenters. The van der Waals surface area contributed by atoms with Crippen LogP contribution < -0.4 is 9.47 Å². The van der Waals surface area contributed by atoms with Gasteiger partial charge >= 0.3 is 11.9 Å². The van der Waals surface area contributed by atoms with E-state index in [0.717, 1.165) is 16.8 Å². The largest absolute Gasteiger partial charge is 0.482 e. The normalized spacial score (nSPS) is 10.4. The lowest BCUT2D eigenvalue weighted by Crippen LogP contribution is -2.19. The van der Waals surface area contributed by atoms with E-state index in [0.29, 0.717) is 0 Å². The van der Waals surface area contributed by atoms with Crippen molar-refractivity contribution in [2.45, 2.75) is 0 Å². The van der Waals surface area contributed by atoms with Crippen LogP contribution in [0.5, 0.6) is 11.5 Å². The van der Waals surface area contributed by atoms with Gasteiger partial charge in [0.15, 0.2) is 6.61 Å². The van der Waals surface area contributed by atoms with E-state index in [1.54, 1.807) is 12.1 Å². The number of carbonyl (C=O) groups is 2. The highest BCUT2D eigenvalue weighted by Crippen LogP contribution is 2.27. The number of halogens is 1. The van der Waals surface area contributed by atoms with E-state index >= 15 is 0 Å². The summed E-state index contributed by atoms with van der Waals surface area (Å²) in [5.41, 5.74) is 0.130. The maximum absolute atomic E-state index is 13.1. The lowest BCUT2D eigenvalue weighted by Gasteiger charge is -2.11. The third-order valence-electron chi connectivity index (χ3n) is 3.63. The van der Waals surface area contributed by atoms with Gasteiger partial charge in [-0.1, -0.05) is 30.3 Å². The molecule has 0 fully saturated rings. The monoisotopic (exact) mass is 354 g/mol. The fourth-order valence-corrected chi connectivity index (χ4v) is 2.42. The van der Waals surface area contributed by atoms with Crippen molar-refractivity contribution in [1.29, 1.82) is 0 Å². The smallest absolute Gasteiger partial charge is 0.349 e. The standard InChI is InChI=1S/C20H15FO5/c1-24-20(23)17-9-13-5-2-3-6-14(13)10-18(17)26-19(22)12-25-16-8-4-7-15(21)11-16/h2-11H,12H2,1H3. The number of esters is 2. The second-order valence-electron chi connectivity index (χ2n) is 5.41. The molecule has 132 valence electrons. The van der Waals surface area contributed by atoms with Crippen molar-refractivity contribution in [2.24, 2.45) is 0 Å². The minimum absolute atomic E-state index is 0.0726. The molecule has 0 unspecified atom stereocenters. The first-order chi connectivity index (χ1) is 12.6. The fourth-order valence-electron chi connectivity index (χ4n) is 2.42. The van der Waals surface area contributed by atoms with E-state index in [2.05, 4.69) is 0 Å². The average Bonchev–Trinajstić information content (AvgIpc) is 2.65. The summed E-state index contributed by atoms with van der Waals surface area (Å²) in [6.07, 6.45) is 0. The Balaban J connectivity index is 1.80. The van der Waals surface area contributed by atoms with E-state index < -0.39 is 24.4 Å². The second-order valence-corrected chi connectivity index (χ2v) is 5.41. The zero-order chi connectivity index (χ0) is 18.5. The molecular formula is C20H15FO5. The van der Waals surface area contributed by atoms with Gasteiger partial charge in [-0.2, -0.15) is 0 Å². The van der Waals surface area contributed by atoms with E-state index in [4.69, 9.17) is 14.2 Å². The number of carbonyl (C=O) groups excluding carboxylic acids is 2. The van der Waals surface area contributed by atoms with Crippen LogP contribution in [-0.2, 0) is 9.53 Å². The summed E-state index contributed by atoms with van der Waals surface area (Å²) in [7, 11) is 1.25. The second kappa shape index (κ2) is 7.65. The Morgan fingerprint density at radius 1 is 0.962 bits per heavy atom. The van der Waals surface area contributed by atoms with Crippen LogP contribution in [0.15, 0.2) is 60.7 Å². The van der Waals surface area contributed by atoms with Crippen LogP contribution in [0.25, 0.3) is 10.8 Å². The SMILES string of the molecule is COC(=O)c1cc2ccccc2cc1OC(=O)COc1cccc(F)c1. The third kappa shape index (κ3) is 3.97. The highest BCUT2D eigenvalue weighted by Gasteiger charge is 2.17. The molecule has 0 aromatic heterocycles. The molecule has 0 heterocycles. The summed E-state index contributed by atoms with van der Waals surface area (Å²) in [5, 5.41) is 1.61. The molecule has 0 aliphatic carbocycles. The Morgan fingerprint density at radius 2 is 1.69 bits per heavy atom. The van der Waals surface area contributed by atoms with Gasteiger partial charge in [-0.15, -0.1) is 0 Å². The first-order valence-corrected chi connectivity index (χ1v) is 7.77. The molecule has 3 aromatic carbocycles. The van der Waals surface area contributed by atoms with Crippen molar-refractivity contribution >= 4 is 22.7 Å². The van der Waals surface area contributed by atoms with Gasteiger partial charge < -0.3 is 14.2 Å². The van der Waals surface area contributed by atoms with Gasteiger partial charge in [-0.3, -0.25) is 0 Å². The van der Waals surface area contributed by atoms with Crippen molar-refractivity contribution in [3.63, 3.8) is 0 Å². The zero-order valence-corrected chi connectivity index (χ0v) is 13.9. The molecule has 0 spiro atoms. The molecule has 3 rings (SSSR count). The highest BCUT2D eigenvalue weighted by atomic mass is 19.1. The maximum Gasteiger partial charge on any atom is 0.349 e.